The lowest BCUT2D eigenvalue weighted by Gasteiger charge is -2.51. The van der Waals surface area contributed by atoms with Crippen LogP contribution in [0.25, 0.3) is 0 Å². The lowest BCUT2D eigenvalue weighted by atomic mass is 9.72. The maximum absolute atomic E-state index is 6.45. The predicted molar refractivity (Wildman–Crippen MR) is 86.8 cm³/mol. The van der Waals surface area contributed by atoms with Crippen LogP contribution in [0.5, 0.6) is 5.75 Å². The first kappa shape index (κ1) is 14.9. The van der Waals surface area contributed by atoms with E-state index in [1.165, 1.54) is 24.9 Å². The number of piperidine rings is 1. The topological polar surface area (TPSA) is 15.7 Å². The molecule has 1 saturated carbocycles. The van der Waals surface area contributed by atoms with Gasteiger partial charge in [0.2, 0.25) is 0 Å². The Morgan fingerprint density at radius 1 is 1.10 bits per heavy atom. The van der Waals surface area contributed by atoms with E-state index in [0.717, 1.165) is 12.3 Å². The number of benzene rings is 1. The average molecular weight is 288 g/mol. The van der Waals surface area contributed by atoms with Crippen LogP contribution in [0.4, 0.5) is 0 Å². The summed E-state index contributed by atoms with van der Waals surface area (Å²) in [6.07, 6.45) is 2.95. The van der Waals surface area contributed by atoms with E-state index in [2.05, 4.69) is 62.1 Å². The standard InChI is InChI=1S/C18H28N2O/c1-13-5-8-15(9-6-13)21-18-14-7-10-17(19(2)3)16(18)12-20(4)11-14/h5-6,8-9,14,16-18H,7,10-12H2,1-4H3/t14?,16?,17-,18-/m1/s1. The molecule has 3 rings (SSSR count). The summed E-state index contributed by atoms with van der Waals surface area (Å²) in [7, 11) is 6.67. The van der Waals surface area contributed by atoms with E-state index in [1.54, 1.807) is 0 Å². The number of hydrogen-bond donors (Lipinski definition) is 0. The van der Waals surface area contributed by atoms with E-state index in [-0.39, 0.29) is 0 Å². The van der Waals surface area contributed by atoms with Gasteiger partial charge in [-0.1, -0.05) is 17.7 Å². The van der Waals surface area contributed by atoms with Crippen LogP contribution in [0.15, 0.2) is 24.3 Å². The van der Waals surface area contributed by atoms with Crippen LogP contribution in [0.1, 0.15) is 18.4 Å². The van der Waals surface area contributed by atoms with Crippen molar-refractivity contribution in [3.8, 4) is 5.75 Å². The fourth-order valence-corrected chi connectivity index (χ4v) is 4.19. The molecule has 1 aromatic rings. The van der Waals surface area contributed by atoms with Crippen molar-refractivity contribution in [2.45, 2.75) is 31.9 Å². The summed E-state index contributed by atoms with van der Waals surface area (Å²) in [5.41, 5.74) is 1.29. The first-order valence-corrected chi connectivity index (χ1v) is 8.13. The summed E-state index contributed by atoms with van der Waals surface area (Å²) in [4.78, 5) is 4.88. The zero-order valence-electron chi connectivity index (χ0n) is 13.7. The van der Waals surface area contributed by atoms with Gasteiger partial charge in [0.15, 0.2) is 0 Å². The molecule has 0 amide bonds. The molecule has 0 radical (unpaired) electrons. The fourth-order valence-electron chi connectivity index (χ4n) is 4.19. The van der Waals surface area contributed by atoms with Gasteiger partial charge in [0.25, 0.3) is 0 Å². The van der Waals surface area contributed by atoms with Gasteiger partial charge in [0.1, 0.15) is 11.9 Å². The molecule has 2 unspecified atom stereocenters. The Bertz CT molecular complexity index is 471. The van der Waals surface area contributed by atoms with Gasteiger partial charge in [0, 0.05) is 31.0 Å². The van der Waals surface area contributed by atoms with E-state index in [4.69, 9.17) is 4.74 Å². The van der Waals surface area contributed by atoms with Crippen molar-refractivity contribution >= 4 is 0 Å². The lowest BCUT2D eigenvalue weighted by Crippen LogP contribution is -2.60. The van der Waals surface area contributed by atoms with Crippen molar-refractivity contribution in [3.05, 3.63) is 29.8 Å². The van der Waals surface area contributed by atoms with E-state index >= 15 is 0 Å². The Labute approximate surface area is 128 Å². The van der Waals surface area contributed by atoms with Gasteiger partial charge in [-0.25, -0.2) is 0 Å². The van der Waals surface area contributed by atoms with Crippen LogP contribution in [-0.2, 0) is 0 Å². The lowest BCUT2D eigenvalue weighted by molar-refractivity contribution is -0.0622. The van der Waals surface area contributed by atoms with Crippen LogP contribution in [0, 0.1) is 18.8 Å². The number of rotatable bonds is 3. The highest BCUT2D eigenvalue weighted by atomic mass is 16.5. The van der Waals surface area contributed by atoms with E-state index in [1.807, 2.05) is 0 Å². The highest BCUT2D eigenvalue weighted by molar-refractivity contribution is 5.27. The maximum Gasteiger partial charge on any atom is 0.119 e. The fraction of sp³-hybridized carbons (Fsp3) is 0.667. The molecule has 1 aliphatic carbocycles. The third kappa shape index (κ3) is 3.09. The Kier molecular flexibility index (Phi) is 4.23. The minimum atomic E-state index is 0.366. The third-order valence-electron chi connectivity index (χ3n) is 5.24. The van der Waals surface area contributed by atoms with Gasteiger partial charge in [0.05, 0.1) is 0 Å². The van der Waals surface area contributed by atoms with Gasteiger partial charge >= 0.3 is 0 Å². The van der Waals surface area contributed by atoms with Gasteiger partial charge in [-0.15, -0.1) is 0 Å². The Balaban J connectivity index is 1.80. The molecular weight excluding hydrogens is 260 g/mol. The van der Waals surface area contributed by atoms with E-state index in [9.17, 15) is 0 Å². The Morgan fingerprint density at radius 3 is 2.48 bits per heavy atom. The highest BCUT2D eigenvalue weighted by Crippen LogP contribution is 2.38. The molecule has 21 heavy (non-hydrogen) atoms. The van der Waals surface area contributed by atoms with Crippen molar-refractivity contribution < 1.29 is 4.74 Å². The molecule has 4 atom stereocenters. The number of hydrogen-bond acceptors (Lipinski definition) is 3. The molecule has 0 N–H and O–H groups in total. The number of likely N-dealkylation sites (tertiary alicyclic amines) is 1. The molecule has 2 bridgehead atoms. The number of fused-ring (bicyclic) bond motifs is 2. The SMILES string of the molecule is Cc1ccc(O[C@@H]2C3CC[C@@H](N(C)C)C2CN(C)C3)cc1. The van der Waals surface area contributed by atoms with Gasteiger partial charge < -0.3 is 14.5 Å². The largest absolute Gasteiger partial charge is 0.490 e. The number of nitrogens with zero attached hydrogens (tertiary/aromatic N) is 2. The summed E-state index contributed by atoms with van der Waals surface area (Å²) in [6.45, 7) is 4.44. The second kappa shape index (κ2) is 5.98. The maximum atomic E-state index is 6.45. The Hall–Kier alpha value is -1.06. The summed E-state index contributed by atoms with van der Waals surface area (Å²) in [5.74, 6) is 2.31. The van der Waals surface area contributed by atoms with Crippen LogP contribution in [0.3, 0.4) is 0 Å². The second-order valence-corrected chi connectivity index (χ2v) is 7.15. The number of aryl methyl sites for hydroxylation is 1. The normalized spacial score (nSPS) is 33.2. The molecule has 3 nitrogen and oxygen atoms in total. The molecule has 2 fully saturated rings. The van der Waals surface area contributed by atoms with Crippen LogP contribution in [0.2, 0.25) is 0 Å². The molecule has 1 saturated heterocycles. The van der Waals surface area contributed by atoms with E-state index < -0.39 is 0 Å². The molecule has 3 heteroatoms. The number of ether oxygens (including phenoxy) is 1. The van der Waals surface area contributed by atoms with Crippen LogP contribution >= 0.6 is 0 Å². The predicted octanol–water partition coefficient (Wildman–Crippen LogP) is 2.64. The molecule has 0 spiro atoms. The molecule has 1 heterocycles. The highest BCUT2D eigenvalue weighted by Gasteiger charge is 2.45. The van der Waals surface area contributed by atoms with Gasteiger partial charge in [-0.2, -0.15) is 0 Å². The molecular formula is C18H28N2O. The van der Waals surface area contributed by atoms with Crippen molar-refractivity contribution in [2.24, 2.45) is 11.8 Å². The van der Waals surface area contributed by atoms with Crippen molar-refractivity contribution in [1.29, 1.82) is 0 Å². The van der Waals surface area contributed by atoms with Crippen LogP contribution < -0.4 is 4.74 Å². The summed E-state index contributed by atoms with van der Waals surface area (Å²) in [5, 5.41) is 0. The first-order valence-electron chi connectivity index (χ1n) is 8.13. The summed E-state index contributed by atoms with van der Waals surface area (Å²) < 4.78 is 6.45. The van der Waals surface area contributed by atoms with Crippen LogP contribution in [-0.4, -0.2) is 56.2 Å². The van der Waals surface area contributed by atoms with E-state index in [0.29, 0.717) is 24.0 Å². The van der Waals surface area contributed by atoms with Gasteiger partial charge in [-0.3, -0.25) is 0 Å². The second-order valence-electron chi connectivity index (χ2n) is 7.15. The third-order valence-corrected chi connectivity index (χ3v) is 5.24. The minimum absolute atomic E-state index is 0.366. The minimum Gasteiger partial charge on any atom is -0.490 e. The van der Waals surface area contributed by atoms with Crippen molar-refractivity contribution in [3.63, 3.8) is 0 Å². The zero-order chi connectivity index (χ0) is 15.0. The Morgan fingerprint density at radius 2 is 1.81 bits per heavy atom. The summed E-state index contributed by atoms with van der Waals surface area (Å²) in [6, 6.07) is 9.16. The van der Waals surface area contributed by atoms with Gasteiger partial charge in [-0.05, 0) is 53.0 Å². The molecule has 0 aromatic heterocycles. The monoisotopic (exact) mass is 288 g/mol. The smallest absolute Gasteiger partial charge is 0.119 e. The molecule has 1 aliphatic heterocycles. The first-order chi connectivity index (χ1) is 10.0. The molecule has 1 aromatic carbocycles. The van der Waals surface area contributed by atoms with Crippen molar-refractivity contribution in [2.75, 3.05) is 34.2 Å². The zero-order valence-corrected chi connectivity index (χ0v) is 13.7. The molecule has 2 aliphatic rings. The molecule has 116 valence electrons. The average Bonchev–Trinajstić information content (AvgIpc) is 2.42. The quantitative estimate of drug-likeness (QED) is 0.850. The van der Waals surface area contributed by atoms with Crippen molar-refractivity contribution in [1.82, 2.24) is 9.80 Å². The summed E-state index contributed by atoms with van der Waals surface area (Å²) >= 11 is 0.